The Hall–Kier alpha value is -9.65. The second-order valence-corrected chi connectivity index (χ2v) is 28.0. The number of halogens is 1. The predicted molar refractivity (Wildman–Crippen MR) is 382 cm³/mol. The van der Waals surface area contributed by atoms with Crippen molar-refractivity contribution in [2.75, 3.05) is 53.1 Å². The summed E-state index contributed by atoms with van der Waals surface area (Å²) in [5.74, 6) is 2.95. The molecule has 0 atom stereocenters. The molecule has 0 radical (unpaired) electrons. The second-order valence-electron chi connectivity index (χ2n) is 24.3. The van der Waals surface area contributed by atoms with E-state index in [2.05, 4.69) is 38.4 Å². The highest BCUT2D eigenvalue weighted by Crippen LogP contribution is 2.38. The first-order valence-electron chi connectivity index (χ1n) is 33.3. The van der Waals surface area contributed by atoms with Gasteiger partial charge in [-0.25, -0.2) is 26.8 Å². The van der Waals surface area contributed by atoms with Gasteiger partial charge in [-0.05, 0) is 205 Å². The maximum absolute atomic E-state index is 13.9. The lowest BCUT2D eigenvalue weighted by Crippen LogP contribution is -2.30. The summed E-state index contributed by atoms with van der Waals surface area (Å²) in [6.07, 6.45) is 18.2. The van der Waals surface area contributed by atoms with E-state index >= 15 is 0 Å². The molecule has 99 heavy (non-hydrogen) atoms. The van der Waals surface area contributed by atoms with Crippen molar-refractivity contribution in [3.05, 3.63) is 233 Å². The van der Waals surface area contributed by atoms with Gasteiger partial charge in [-0.15, -0.1) is 0 Å². The standard InChI is InChI=1S/C38H43N5O5S.C24H31N3O5S.C14H13FN2/c1-46-32-14-9-28(10-15-32)26-43(27-29-11-16-33(47-2)17-12-29)49(44,45)37-20-23-42(41-37)22-4-3-5-24-48-36-25-31(19-21-40-36)35-18-13-30-7-6-8-34(30)38(35)39;1-31-22-10-6-20(7-11-22)18-27(19-21-8-12-23(32-2)13-9-21)33(29,30)24-14-16-26(25-24)15-4-3-5-17-28;15-13-8-10(6-7-17-13)12-5-4-9-2-1-3-11(9)14(12)16/h9-21,23,25H,3-8,22,24,26-27,39H2,1-2H3;6-14,16,28H,3-5,15,17-19H2,1-2H3;4-8H,1-3,16H2. The first kappa shape index (κ1) is 72.1. The van der Waals surface area contributed by atoms with Crippen molar-refractivity contribution in [1.29, 1.82) is 0 Å². The van der Waals surface area contributed by atoms with Crippen LogP contribution >= 0.6 is 0 Å². The van der Waals surface area contributed by atoms with Crippen LogP contribution in [0, 0.1) is 5.95 Å². The third-order valence-corrected chi connectivity index (χ3v) is 20.9. The summed E-state index contributed by atoms with van der Waals surface area (Å²) in [5.41, 5.74) is 26.7. The molecule has 2 aliphatic carbocycles. The van der Waals surface area contributed by atoms with E-state index in [0.29, 0.717) is 48.6 Å². The molecule has 2 aliphatic rings. The van der Waals surface area contributed by atoms with E-state index in [1.807, 2.05) is 115 Å². The molecule has 23 heteroatoms. The molecule has 10 aromatic rings. The van der Waals surface area contributed by atoms with Crippen molar-refractivity contribution in [1.82, 2.24) is 38.1 Å². The summed E-state index contributed by atoms with van der Waals surface area (Å²) in [7, 11) is -1.36. The molecule has 0 saturated heterocycles. The number of unbranched alkanes of at least 4 members (excludes halogenated alkanes) is 4. The number of hydrogen-bond donors (Lipinski definition) is 3. The molecule has 0 fully saturated rings. The van der Waals surface area contributed by atoms with Gasteiger partial charge in [0.2, 0.25) is 11.8 Å². The summed E-state index contributed by atoms with van der Waals surface area (Å²) in [5, 5.41) is 17.7. The molecular weight excluding hydrogens is 1300 g/mol. The Kier molecular flexibility index (Phi) is 25.3. The lowest BCUT2D eigenvalue weighted by atomic mass is 9.98. The molecule has 6 aromatic carbocycles. The molecular formula is C76H87FN10O10S2. The number of aliphatic hydroxyl groups excluding tert-OH is 1. The molecule has 4 aromatic heterocycles. The Balaban J connectivity index is 0.000000181. The third-order valence-electron chi connectivity index (χ3n) is 17.6. The van der Waals surface area contributed by atoms with Crippen molar-refractivity contribution in [2.45, 2.75) is 126 Å². The van der Waals surface area contributed by atoms with E-state index in [-0.39, 0.29) is 42.8 Å². The molecule has 5 N–H and O–H groups in total. The normalized spacial score (nSPS) is 12.5. The Morgan fingerprint density at radius 3 is 1.26 bits per heavy atom. The van der Waals surface area contributed by atoms with Crippen LogP contribution in [-0.4, -0.2) is 102 Å². The van der Waals surface area contributed by atoms with E-state index in [4.69, 9.17) is 40.3 Å². The molecule has 0 aliphatic heterocycles. The van der Waals surface area contributed by atoms with E-state index in [0.717, 1.165) is 133 Å². The second kappa shape index (κ2) is 34.7. The Bertz CT molecular complexity index is 4380. The van der Waals surface area contributed by atoms with Crippen LogP contribution in [0.4, 0.5) is 15.8 Å². The number of nitrogens with two attached hydrogens (primary N) is 2. The minimum absolute atomic E-state index is 0.0201. The largest absolute Gasteiger partial charge is 0.497 e. The first-order chi connectivity index (χ1) is 48.0. The first-order valence-corrected chi connectivity index (χ1v) is 36.1. The summed E-state index contributed by atoms with van der Waals surface area (Å²) >= 11 is 0. The van der Waals surface area contributed by atoms with Crippen LogP contribution in [0.25, 0.3) is 22.3 Å². The summed E-state index contributed by atoms with van der Waals surface area (Å²) in [6, 6.07) is 48.1. The number of nitrogens with zero attached hydrogens (tertiary/aromatic N) is 8. The van der Waals surface area contributed by atoms with Crippen LogP contribution in [0.3, 0.4) is 0 Å². The fraction of sp³-hybridized carbons (Fsp3) is 0.316. The molecule has 20 nitrogen and oxygen atoms in total. The number of anilines is 2. The van der Waals surface area contributed by atoms with Gasteiger partial charge in [0.05, 0.1) is 35.0 Å². The van der Waals surface area contributed by atoms with Crippen LogP contribution in [-0.2, 0) is 85.0 Å². The zero-order valence-electron chi connectivity index (χ0n) is 56.5. The maximum atomic E-state index is 13.9. The molecule has 0 bridgehead atoms. The number of aliphatic hydroxyl groups is 1. The molecule has 0 saturated carbocycles. The smallest absolute Gasteiger partial charge is 0.262 e. The van der Waals surface area contributed by atoms with Crippen LogP contribution in [0.15, 0.2) is 193 Å². The number of ether oxygens (including phenoxy) is 5. The van der Waals surface area contributed by atoms with Gasteiger partial charge in [0.1, 0.15) is 23.0 Å². The number of rotatable bonds is 30. The Labute approximate surface area is 580 Å². The van der Waals surface area contributed by atoms with Gasteiger partial charge in [0.15, 0.2) is 10.1 Å². The number of aryl methyl sites for hydroxylation is 4. The average molecular weight is 1380 g/mol. The van der Waals surface area contributed by atoms with Crippen LogP contribution in [0.1, 0.15) is 95.9 Å². The molecule has 0 amide bonds. The van der Waals surface area contributed by atoms with Gasteiger partial charge in [-0.2, -0.15) is 23.2 Å². The highest BCUT2D eigenvalue weighted by molar-refractivity contribution is 7.89. The lowest BCUT2D eigenvalue weighted by Gasteiger charge is -2.21. The van der Waals surface area contributed by atoms with E-state index in [9.17, 15) is 21.2 Å². The van der Waals surface area contributed by atoms with Crippen LogP contribution in [0.2, 0.25) is 0 Å². The maximum Gasteiger partial charge on any atom is 0.262 e. The number of sulfonamides is 2. The monoisotopic (exact) mass is 1380 g/mol. The van der Waals surface area contributed by atoms with Crippen molar-refractivity contribution >= 4 is 31.4 Å². The Morgan fingerprint density at radius 2 is 0.869 bits per heavy atom. The number of benzene rings is 6. The fourth-order valence-electron chi connectivity index (χ4n) is 12.1. The number of methoxy groups -OCH3 is 4. The number of hydrogen-bond acceptors (Lipinski definition) is 16. The van der Waals surface area contributed by atoms with Gasteiger partial charge in [-0.3, -0.25) is 9.36 Å². The van der Waals surface area contributed by atoms with Crippen molar-refractivity contribution in [2.24, 2.45) is 0 Å². The van der Waals surface area contributed by atoms with E-state index in [1.165, 1.54) is 49.2 Å². The van der Waals surface area contributed by atoms with Crippen molar-refractivity contribution in [3.63, 3.8) is 0 Å². The number of aromatic nitrogens is 6. The van der Waals surface area contributed by atoms with E-state index < -0.39 is 26.0 Å². The zero-order chi connectivity index (χ0) is 69.7. The number of pyridine rings is 2. The van der Waals surface area contributed by atoms with Crippen LogP contribution < -0.4 is 35.2 Å². The topological polar surface area (TPSA) is 255 Å². The third kappa shape index (κ3) is 19.2. The van der Waals surface area contributed by atoms with Gasteiger partial charge < -0.3 is 40.3 Å². The summed E-state index contributed by atoms with van der Waals surface area (Å²) in [4.78, 5) is 7.95. The quantitative estimate of drug-likeness (QED) is 0.0215. The number of fused-ring (bicyclic) bond motifs is 2. The van der Waals surface area contributed by atoms with Gasteiger partial charge >= 0.3 is 0 Å². The summed E-state index contributed by atoms with van der Waals surface area (Å²) < 4.78 is 101. The highest BCUT2D eigenvalue weighted by Gasteiger charge is 2.30. The van der Waals surface area contributed by atoms with Crippen molar-refractivity contribution < 1.29 is 50.0 Å². The molecule has 4 heterocycles. The fourth-order valence-corrected chi connectivity index (χ4v) is 14.8. The molecule has 0 unspecified atom stereocenters. The number of nitrogen functional groups attached to an aromatic ring is 2. The molecule has 520 valence electrons. The molecule has 0 spiro atoms. The van der Waals surface area contributed by atoms with Gasteiger partial charge in [-0.1, -0.05) is 72.8 Å². The van der Waals surface area contributed by atoms with Gasteiger partial charge in [0, 0.05) is 105 Å². The zero-order valence-corrected chi connectivity index (χ0v) is 58.1. The molecule has 12 rings (SSSR count). The van der Waals surface area contributed by atoms with Crippen LogP contribution in [0.5, 0.6) is 28.9 Å². The minimum atomic E-state index is -3.90. The lowest BCUT2D eigenvalue weighted by molar-refractivity contribution is 0.281. The minimum Gasteiger partial charge on any atom is -0.497 e. The average Bonchev–Trinajstić information content (AvgIpc) is 1.79. The highest BCUT2D eigenvalue weighted by atomic mass is 32.2. The summed E-state index contributed by atoms with van der Waals surface area (Å²) in [6.45, 7) is 2.64. The SMILES string of the molecule is COc1ccc(CN(Cc2ccc(OC)cc2)S(=O)(=O)c2ccn(CCCCCO)n2)cc1.COc1ccc(CN(Cc2ccc(OC)cc2)S(=O)(=O)c2ccn(CCCCCOc3cc(-c4ccc5c(c4N)CCC5)ccn3)n2)cc1.Nc1c(-c2ccnc(F)c2)ccc2c1CCC2. The van der Waals surface area contributed by atoms with E-state index in [1.54, 1.807) is 68.5 Å². The Morgan fingerprint density at radius 1 is 0.475 bits per heavy atom. The van der Waals surface area contributed by atoms with Gasteiger partial charge in [0.25, 0.3) is 20.0 Å². The predicted octanol–water partition coefficient (Wildman–Crippen LogP) is 13.1. The van der Waals surface area contributed by atoms with Crippen molar-refractivity contribution in [3.8, 4) is 51.1 Å².